The number of hydrogen-bond acceptors (Lipinski definition) is 5. The number of aromatic carboxylic acids is 1. The maximum Gasteiger partial charge on any atom is 0.341 e. The SMILES string of the molecule is Nc1c(C(=O)O)cnn1-c1cnccn1. The van der Waals surface area contributed by atoms with E-state index in [0.717, 1.165) is 0 Å². The molecular formula is C8H7N5O2. The van der Waals surface area contributed by atoms with Gasteiger partial charge in [-0.15, -0.1) is 0 Å². The quantitative estimate of drug-likeness (QED) is 0.711. The molecule has 0 bridgehead atoms. The molecule has 0 aliphatic carbocycles. The van der Waals surface area contributed by atoms with Crippen molar-refractivity contribution >= 4 is 11.8 Å². The van der Waals surface area contributed by atoms with Gasteiger partial charge in [-0.25, -0.2) is 9.78 Å². The molecule has 0 aromatic carbocycles. The van der Waals surface area contributed by atoms with Crippen LogP contribution in [0.4, 0.5) is 5.82 Å². The summed E-state index contributed by atoms with van der Waals surface area (Å²) in [4.78, 5) is 18.5. The Balaban J connectivity index is 2.52. The fourth-order valence-corrected chi connectivity index (χ4v) is 1.11. The first-order valence-electron chi connectivity index (χ1n) is 4.03. The largest absolute Gasteiger partial charge is 0.477 e. The summed E-state index contributed by atoms with van der Waals surface area (Å²) in [5.41, 5.74) is 5.53. The van der Waals surface area contributed by atoms with Gasteiger partial charge in [0.1, 0.15) is 11.4 Å². The highest BCUT2D eigenvalue weighted by Crippen LogP contribution is 2.14. The van der Waals surface area contributed by atoms with Crippen LogP contribution < -0.4 is 5.73 Å². The molecule has 0 spiro atoms. The predicted molar refractivity (Wildman–Crippen MR) is 50.5 cm³/mol. The van der Waals surface area contributed by atoms with Crippen molar-refractivity contribution in [3.63, 3.8) is 0 Å². The zero-order valence-corrected chi connectivity index (χ0v) is 7.53. The van der Waals surface area contributed by atoms with Crippen LogP contribution in [0.3, 0.4) is 0 Å². The van der Waals surface area contributed by atoms with Gasteiger partial charge >= 0.3 is 5.97 Å². The highest BCUT2D eigenvalue weighted by atomic mass is 16.4. The van der Waals surface area contributed by atoms with Crippen molar-refractivity contribution in [2.75, 3.05) is 5.73 Å². The number of nitrogens with zero attached hydrogens (tertiary/aromatic N) is 4. The van der Waals surface area contributed by atoms with E-state index in [1.54, 1.807) is 0 Å². The topological polar surface area (TPSA) is 107 Å². The fraction of sp³-hybridized carbons (Fsp3) is 0. The van der Waals surface area contributed by atoms with Crippen LogP contribution in [0.2, 0.25) is 0 Å². The van der Waals surface area contributed by atoms with Gasteiger partial charge in [0.2, 0.25) is 0 Å². The first-order chi connectivity index (χ1) is 7.20. The van der Waals surface area contributed by atoms with Crippen LogP contribution in [0.5, 0.6) is 0 Å². The standard InChI is InChI=1S/C8H7N5O2/c9-7-5(8(14)15)3-12-13(7)6-4-10-1-2-11-6/h1-4H,9H2,(H,14,15). The van der Waals surface area contributed by atoms with E-state index < -0.39 is 5.97 Å². The lowest BCUT2D eigenvalue weighted by Crippen LogP contribution is -2.07. The van der Waals surface area contributed by atoms with Crippen molar-refractivity contribution in [2.24, 2.45) is 0 Å². The molecule has 0 aliphatic rings. The van der Waals surface area contributed by atoms with E-state index in [1.807, 2.05) is 0 Å². The van der Waals surface area contributed by atoms with Crippen LogP contribution in [0.1, 0.15) is 10.4 Å². The highest BCUT2D eigenvalue weighted by molar-refractivity contribution is 5.92. The fourth-order valence-electron chi connectivity index (χ4n) is 1.11. The minimum atomic E-state index is -1.12. The van der Waals surface area contributed by atoms with Gasteiger partial charge < -0.3 is 10.8 Å². The van der Waals surface area contributed by atoms with Gasteiger partial charge in [-0.3, -0.25) is 4.98 Å². The summed E-state index contributed by atoms with van der Waals surface area (Å²) < 4.78 is 1.22. The summed E-state index contributed by atoms with van der Waals surface area (Å²) in [6.07, 6.45) is 5.58. The van der Waals surface area contributed by atoms with Crippen molar-refractivity contribution in [3.05, 3.63) is 30.4 Å². The summed E-state index contributed by atoms with van der Waals surface area (Å²) in [5.74, 6) is -0.715. The molecule has 0 fully saturated rings. The molecule has 0 saturated heterocycles. The average Bonchev–Trinajstić information content (AvgIpc) is 2.61. The molecule has 7 nitrogen and oxygen atoms in total. The second kappa shape index (κ2) is 3.37. The first-order valence-corrected chi connectivity index (χ1v) is 4.03. The molecule has 0 atom stereocenters. The molecule has 0 unspecified atom stereocenters. The summed E-state index contributed by atoms with van der Waals surface area (Å²) in [6, 6.07) is 0. The molecule has 0 aliphatic heterocycles. The molecule has 76 valence electrons. The number of hydrogen-bond donors (Lipinski definition) is 2. The maximum absolute atomic E-state index is 10.7. The molecule has 2 rings (SSSR count). The van der Waals surface area contributed by atoms with Gasteiger partial charge in [0, 0.05) is 12.4 Å². The molecule has 3 N–H and O–H groups in total. The Morgan fingerprint density at radius 3 is 2.73 bits per heavy atom. The zero-order chi connectivity index (χ0) is 10.8. The van der Waals surface area contributed by atoms with Crippen molar-refractivity contribution < 1.29 is 9.90 Å². The van der Waals surface area contributed by atoms with Gasteiger partial charge in [0.15, 0.2) is 5.82 Å². The van der Waals surface area contributed by atoms with Gasteiger partial charge in [-0.2, -0.15) is 9.78 Å². The highest BCUT2D eigenvalue weighted by Gasteiger charge is 2.15. The second-order valence-corrected chi connectivity index (χ2v) is 2.72. The monoisotopic (exact) mass is 205 g/mol. The molecule has 7 heteroatoms. The predicted octanol–water partition coefficient (Wildman–Crippen LogP) is -0.0573. The van der Waals surface area contributed by atoms with Crippen LogP contribution in [0, 0.1) is 0 Å². The molecule has 0 amide bonds. The third-order valence-electron chi connectivity index (χ3n) is 1.80. The Hall–Kier alpha value is -2.44. The molecule has 2 aromatic rings. The van der Waals surface area contributed by atoms with Crippen LogP contribution in [-0.4, -0.2) is 30.8 Å². The number of carboxylic acid groups (broad SMARTS) is 1. The number of carboxylic acids is 1. The number of anilines is 1. The van der Waals surface area contributed by atoms with Gasteiger partial charge in [0.25, 0.3) is 0 Å². The number of rotatable bonds is 2. The molecule has 2 heterocycles. The normalized spacial score (nSPS) is 10.1. The number of nitrogen functional groups attached to an aromatic ring is 1. The lowest BCUT2D eigenvalue weighted by atomic mass is 10.3. The lowest BCUT2D eigenvalue weighted by molar-refractivity contribution is 0.0698. The van der Waals surface area contributed by atoms with Crippen LogP contribution >= 0.6 is 0 Å². The van der Waals surface area contributed by atoms with Crippen LogP contribution in [-0.2, 0) is 0 Å². The summed E-state index contributed by atoms with van der Waals surface area (Å²) in [7, 11) is 0. The third-order valence-corrected chi connectivity index (χ3v) is 1.80. The van der Waals surface area contributed by atoms with Gasteiger partial charge in [-0.1, -0.05) is 0 Å². The second-order valence-electron chi connectivity index (χ2n) is 2.72. The third kappa shape index (κ3) is 1.50. The smallest absolute Gasteiger partial charge is 0.341 e. The maximum atomic E-state index is 10.7. The van der Waals surface area contributed by atoms with E-state index in [4.69, 9.17) is 10.8 Å². The molecular weight excluding hydrogens is 198 g/mol. The molecule has 15 heavy (non-hydrogen) atoms. The summed E-state index contributed by atoms with van der Waals surface area (Å²) in [5, 5.41) is 12.6. The van der Waals surface area contributed by atoms with Crippen LogP contribution in [0.15, 0.2) is 24.8 Å². The van der Waals surface area contributed by atoms with E-state index in [-0.39, 0.29) is 11.4 Å². The minimum absolute atomic E-state index is 0.0306. The Morgan fingerprint density at radius 2 is 2.20 bits per heavy atom. The van der Waals surface area contributed by atoms with Crippen molar-refractivity contribution in [2.45, 2.75) is 0 Å². The first kappa shape index (κ1) is 9.13. The number of nitrogens with two attached hydrogens (primary N) is 1. The Kier molecular flexibility index (Phi) is 2.05. The Morgan fingerprint density at radius 1 is 1.40 bits per heavy atom. The van der Waals surface area contributed by atoms with E-state index in [9.17, 15) is 4.79 Å². The molecule has 0 saturated carbocycles. The number of carbonyl (C=O) groups is 1. The minimum Gasteiger partial charge on any atom is -0.477 e. The van der Waals surface area contributed by atoms with Crippen molar-refractivity contribution in [1.82, 2.24) is 19.7 Å². The van der Waals surface area contributed by atoms with Gasteiger partial charge in [-0.05, 0) is 0 Å². The summed E-state index contributed by atoms with van der Waals surface area (Å²) >= 11 is 0. The molecule has 2 aromatic heterocycles. The van der Waals surface area contributed by atoms with E-state index in [0.29, 0.717) is 5.82 Å². The van der Waals surface area contributed by atoms with E-state index >= 15 is 0 Å². The van der Waals surface area contributed by atoms with E-state index in [1.165, 1.54) is 29.5 Å². The average molecular weight is 205 g/mol. The molecule has 0 radical (unpaired) electrons. The number of aromatic nitrogens is 4. The van der Waals surface area contributed by atoms with Crippen molar-refractivity contribution in [1.29, 1.82) is 0 Å². The van der Waals surface area contributed by atoms with Crippen molar-refractivity contribution in [3.8, 4) is 5.82 Å². The summed E-state index contributed by atoms with van der Waals surface area (Å²) in [6.45, 7) is 0. The van der Waals surface area contributed by atoms with Gasteiger partial charge in [0.05, 0.1) is 12.4 Å². The lowest BCUT2D eigenvalue weighted by Gasteiger charge is -2.01. The Bertz CT molecular complexity index is 493. The van der Waals surface area contributed by atoms with Crippen LogP contribution in [0.25, 0.3) is 5.82 Å². The Labute approximate surface area is 84.2 Å². The van der Waals surface area contributed by atoms with E-state index in [2.05, 4.69) is 15.1 Å². The zero-order valence-electron chi connectivity index (χ0n) is 7.53.